The number of aryl methyl sites for hydroxylation is 1. The Hall–Kier alpha value is -2.46. The number of benzene rings is 2. The van der Waals surface area contributed by atoms with Crippen LogP contribution in [0.1, 0.15) is 24.0 Å². The zero-order valence-electron chi connectivity index (χ0n) is 13.1. The first kappa shape index (κ1) is 15.9. The highest BCUT2D eigenvalue weighted by molar-refractivity contribution is 5.38. The molecule has 1 nitrogen and oxygen atoms in total. The lowest BCUT2D eigenvalue weighted by Gasteiger charge is -2.05. The van der Waals surface area contributed by atoms with Gasteiger partial charge >= 0.3 is 0 Å². The fraction of sp³-hybridized carbons (Fsp3) is 0.238. The minimum atomic E-state index is 0.241. The molecule has 0 radical (unpaired) electrons. The van der Waals surface area contributed by atoms with Crippen molar-refractivity contribution in [2.45, 2.75) is 19.3 Å². The van der Waals surface area contributed by atoms with Crippen LogP contribution in [0.2, 0.25) is 0 Å². The zero-order valence-corrected chi connectivity index (χ0v) is 13.1. The molecule has 0 fully saturated rings. The van der Waals surface area contributed by atoms with Gasteiger partial charge in [0.05, 0.1) is 7.11 Å². The van der Waals surface area contributed by atoms with E-state index in [1.807, 2.05) is 30.3 Å². The van der Waals surface area contributed by atoms with Crippen molar-refractivity contribution in [1.82, 2.24) is 0 Å². The van der Waals surface area contributed by atoms with Crippen molar-refractivity contribution >= 4 is 0 Å². The van der Waals surface area contributed by atoms with Gasteiger partial charge in [-0.25, -0.2) is 0 Å². The predicted molar refractivity (Wildman–Crippen MR) is 92.9 cm³/mol. The Kier molecular flexibility index (Phi) is 6.33. The Morgan fingerprint density at radius 3 is 2.45 bits per heavy atom. The monoisotopic (exact) mass is 290 g/mol. The molecular weight excluding hydrogens is 268 g/mol. The van der Waals surface area contributed by atoms with E-state index in [4.69, 9.17) is 4.74 Å². The van der Waals surface area contributed by atoms with Crippen LogP contribution in [0.25, 0.3) is 0 Å². The van der Waals surface area contributed by atoms with Gasteiger partial charge in [0.25, 0.3) is 0 Å². The van der Waals surface area contributed by atoms with Gasteiger partial charge in [0, 0.05) is 11.5 Å². The summed E-state index contributed by atoms with van der Waals surface area (Å²) in [6.45, 7) is 3.90. The van der Waals surface area contributed by atoms with E-state index >= 15 is 0 Å². The van der Waals surface area contributed by atoms with Gasteiger partial charge in [-0.1, -0.05) is 48.2 Å². The molecule has 2 aromatic rings. The molecule has 0 aliphatic heterocycles. The first-order chi connectivity index (χ1) is 10.8. The van der Waals surface area contributed by atoms with Gasteiger partial charge in [-0.2, -0.15) is 0 Å². The van der Waals surface area contributed by atoms with E-state index in [-0.39, 0.29) is 5.92 Å². The Labute approximate surface area is 133 Å². The molecule has 0 aromatic heterocycles. The average Bonchev–Trinajstić information content (AvgIpc) is 2.59. The Morgan fingerprint density at radius 2 is 1.82 bits per heavy atom. The van der Waals surface area contributed by atoms with E-state index in [1.54, 1.807) is 7.11 Å². The molecule has 112 valence electrons. The minimum Gasteiger partial charge on any atom is -0.497 e. The van der Waals surface area contributed by atoms with Gasteiger partial charge in [-0.15, -0.1) is 6.58 Å². The first-order valence-electron chi connectivity index (χ1n) is 7.64. The van der Waals surface area contributed by atoms with Crippen LogP contribution < -0.4 is 4.74 Å². The third-order valence-corrected chi connectivity index (χ3v) is 3.60. The number of ether oxygens (including phenoxy) is 1. The van der Waals surface area contributed by atoms with Crippen LogP contribution in [0.15, 0.2) is 67.3 Å². The number of allylic oxidation sites excluding steroid dienone is 1. The highest BCUT2D eigenvalue weighted by Gasteiger charge is 2.00. The van der Waals surface area contributed by atoms with E-state index < -0.39 is 0 Å². The second-order valence-corrected chi connectivity index (χ2v) is 5.22. The van der Waals surface area contributed by atoms with E-state index in [0.29, 0.717) is 0 Å². The summed E-state index contributed by atoms with van der Waals surface area (Å²) < 4.78 is 5.15. The van der Waals surface area contributed by atoms with Crippen molar-refractivity contribution < 1.29 is 4.74 Å². The molecule has 0 heterocycles. The summed E-state index contributed by atoms with van der Waals surface area (Å²) in [5.74, 6) is 7.62. The number of rotatable bonds is 6. The highest BCUT2D eigenvalue weighted by atomic mass is 16.5. The Bertz CT molecular complexity index is 629. The smallest absolute Gasteiger partial charge is 0.118 e. The van der Waals surface area contributed by atoms with Gasteiger partial charge in [0.15, 0.2) is 0 Å². The molecule has 0 aliphatic rings. The summed E-state index contributed by atoms with van der Waals surface area (Å²) in [5, 5.41) is 0. The number of hydrogen-bond acceptors (Lipinski definition) is 1. The maximum absolute atomic E-state index is 5.15. The summed E-state index contributed by atoms with van der Waals surface area (Å²) >= 11 is 0. The SMILES string of the molecule is C=C[C@H](C#Cc1ccc(OC)cc1)CCCc1ccccc1. The maximum Gasteiger partial charge on any atom is 0.118 e. The molecule has 22 heavy (non-hydrogen) atoms. The number of methoxy groups -OCH3 is 1. The van der Waals surface area contributed by atoms with Gasteiger partial charge in [0.2, 0.25) is 0 Å². The van der Waals surface area contributed by atoms with E-state index in [1.165, 1.54) is 5.56 Å². The quantitative estimate of drug-likeness (QED) is 0.544. The molecule has 0 saturated heterocycles. The summed E-state index contributed by atoms with van der Waals surface area (Å²) in [5.41, 5.74) is 2.39. The van der Waals surface area contributed by atoms with E-state index in [9.17, 15) is 0 Å². The summed E-state index contributed by atoms with van der Waals surface area (Å²) in [6, 6.07) is 18.4. The molecule has 2 aromatic carbocycles. The van der Waals surface area contributed by atoms with Crippen LogP contribution in [0.4, 0.5) is 0 Å². The fourth-order valence-electron chi connectivity index (χ4n) is 2.27. The molecule has 0 unspecified atom stereocenters. The van der Waals surface area contributed by atoms with Crippen molar-refractivity contribution in [1.29, 1.82) is 0 Å². The Morgan fingerprint density at radius 1 is 1.09 bits per heavy atom. The van der Waals surface area contributed by atoms with Crippen LogP contribution in [-0.4, -0.2) is 7.11 Å². The molecule has 0 aliphatic carbocycles. The van der Waals surface area contributed by atoms with E-state index in [0.717, 1.165) is 30.6 Å². The van der Waals surface area contributed by atoms with Crippen LogP contribution in [0.3, 0.4) is 0 Å². The molecule has 0 bridgehead atoms. The van der Waals surface area contributed by atoms with Crippen molar-refractivity contribution in [3.8, 4) is 17.6 Å². The third-order valence-electron chi connectivity index (χ3n) is 3.60. The normalized spacial score (nSPS) is 11.1. The third kappa shape index (κ3) is 5.14. The van der Waals surface area contributed by atoms with Crippen molar-refractivity contribution in [3.63, 3.8) is 0 Å². The van der Waals surface area contributed by atoms with E-state index in [2.05, 4.69) is 48.8 Å². The Balaban J connectivity index is 1.86. The molecular formula is C21H22O. The van der Waals surface area contributed by atoms with Crippen molar-refractivity contribution in [2.24, 2.45) is 5.92 Å². The summed E-state index contributed by atoms with van der Waals surface area (Å²) in [4.78, 5) is 0. The predicted octanol–water partition coefficient (Wildman–Crippen LogP) is 4.87. The summed E-state index contributed by atoms with van der Waals surface area (Å²) in [6.07, 6.45) is 5.20. The molecule has 0 amide bonds. The minimum absolute atomic E-state index is 0.241. The topological polar surface area (TPSA) is 9.23 Å². The van der Waals surface area contributed by atoms with Crippen molar-refractivity contribution in [2.75, 3.05) is 7.11 Å². The zero-order chi connectivity index (χ0) is 15.6. The molecule has 2 rings (SSSR count). The largest absolute Gasteiger partial charge is 0.497 e. The van der Waals surface area contributed by atoms with Crippen LogP contribution in [0.5, 0.6) is 5.75 Å². The lowest BCUT2D eigenvalue weighted by molar-refractivity contribution is 0.415. The summed E-state index contributed by atoms with van der Waals surface area (Å²) in [7, 11) is 1.67. The van der Waals surface area contributed by atoms with Gasteiger partial charge in [-0.05, 0) is 49.1 Å². The fourth-order valence-corrected chi connectivity index (χ4v) is 2.27. The lowest BCUT2D eigenvalue weighted by Crippen LogP contribution is -1.94. The van der Waals surface area contributed by atoms with Crippen LogP contribution in [0, 0.1) is 17.8 Å². The second kappa shape index (κ2) is 8.74. The molecule has 0 spiro atoms. The molecule has 0 saturated carbocycles. The second-order valence-electron chi connectivity index (χ2n) is 5.22. The molecule has 1 atom stereocenters. The molecule has 1 heteroatoms. The molecule has 0 N–H and O–H groups in total. The van der Waals surface area contributed by atoms with Gasteiger partial charge in [-0.3, -0.25) is 0 Å². The van der Waals surface area contributed by atoms with Crippen molar-refractivity contribution in [3.05, 3.63) is 78.4 Å². The van der Waals surface area contributed by atoms with Crippen LogP contribution >= 0.6 is 0 Å². The number of hydrogen-bond donors (Lipinski definition) is 0. The van der Waals surface area contributed by atoms with Gasteiger partial charge < -0.3 is 4.74 Å². The standard InChI is InChI=1S/C21H22O/c1-3-18(10-7-11-19-8-5-4-6-9-19)12-13-20-14-16-21(22-2)17-15-20/h3-6,8-9,14-18H,1,7,10-11H2,2H3/t18-/m0/s1. The van der Waals surface area contributed by atoms with Crippen LogP contribution in [-0.2, 0) is 6.42 Å². The lowest BCUT2D eigenvalue weighted by atomic mass is 9.99. The maximum atomic E-state index is 5.15. The van der Waals surface area contributed by atoms with Gasteiger partial charge in [0.1, 0.15) is 5.75 Å². The first-order valence-corrected chi connectivity index (χ1v) is 7.64. The highest BCUT2D eigenvalue weighted by Crippen LogP contribution is 2.13. The average molecular weight is 290 g/mol.